The number of carbonyl (C=O) groups is 7. The molecule has 0 aliphatic carbocycles. The van der Waals surface area contributed by atoms with Crippen LogP contribution in [-0.4, -0.2) is 58.2 Å². The summed E-state index contributed by atoms with van der Waals surface area (Å²) < 4.78 is 0. The first-order chi connectivity index (χ1) is 12.1. The quantitative estimate of drug-likeness (QED) is 0.220. The topological polar surface area (TPSA) is 404 Å². The normalized spacial score (nSPS) is 5.00. The van der Waals surface area contributed by atoms with Gasteiger partial charge in [0.1, 0.15) is 0 Å². The maximum absolute atomic E-state index is 8.89. The SMILES string of the molecule is CC(=O)[O-].CC(=O)[O-].CC(=O)[O-].CC(=O)[O-].CC(=O)[O-].CC(=O)[O-].CC(=O)[O-].O.O.O.[Fe+3].[Fe+3].[Fe+3].[O-2]. The number of carboxylic acids is 7. The molecule has 0 aliphatic heterocycles. The van der Waals surface area contributed by atoms with E-state index in [4.69, 9.17) is 69.3 Å². The zero-order chi connectivity index (χ0) is 25.0. The molecule has 0 aliphatic rings. The van der Waals surface area contributed by atoms with Crippen LogP contribution in [0.4, 0.5) is 0 Å². The molecular weight excluding hydrogens is 624 g/mol. The summed E-state index contributed by atoms with van der Waals surface area (Å²) in [6, 6.07) is 0. The summed E-state index contributed by atoms with van der Waals surface area (Å²) in [7, 11) is 0. The Morgan fingerprint density at radius 2 is 0.314 bits per heavy atom. The maximum Gasteiger partial charge on any atom is 3.00 e. The van der Waals surface area contributed by atoms with E-state index in [0.29, 0.717) is 0 Å². The number of aliphatic carboxylic acids is 7. The van der Waals surface area contributed by atoms with Gasteiger partial charge in [-0.25, -0.2) is 0 Å². The fraction of sp³-hybridized carbons (Fsp3) is 0.500. The Kier molecular flexibility index (Phi) is 229. The van der Waals surface area contributed by atoms with Crippen LogP contribution in [-0.2, 0) is 90.2 Å². The molecular formula is C14H27Fe3O18. The molecule has 0 rings (SSSR count). The van der Waals surface area contributed by atoms with Crippen LogP contribution in [0.15, 0.2) is 0 Å². The van der Waals surface area contributed by atoms with Crippen molar-refractivity contribution in [3.8, 4) is 0 Å². The molecule has 0 aromatic heterocycles. The zero-order valence-corrected chi connectivity index (χ0v) is 22.5. The van der Waals surface area contributed by atoms with E-state index >= 15 is 0 Å². The average Bonchev–Trinajstić information content (AvgIpc) is 2.20. The molecule has 0 heterocycles. The molecule has 3 radical (unpaired) electrons. The molecule has 215 valence electrons. The number of carboxylic acid groups (broad SMARTS) is 7. The van der Waals surface area contributed by atoms with Crippen LogP contribution >= 0.6 is 0 Å². The van der Waals surface area contributed by atoms with Crippen molar-refractivity contribution in [1.82, 2.24) is 0 Å². The Bertz CT molecular complexity index is 325. The second kappa shape index (κ2) is 85.4. The Labute approximate surface area is 232 Å². The Morgan fingerprint density at radius 1 is 0.314 bits per heavy atom. The second-order valence-electron chi connectivity index (χ2n) is 3.44. The van der Waals surface area contributed by atoms with Crippen LogP contribution in [0.2, 0.25) is 0 Å². The number of rotatable bonds is 0. The van der Waals surface area contributed by atoms with Gasteiger partial charge in [0.25, 0.3) is 0 Å². The number of carbonyl (C=O) groups excluding carboxylic acids is 7. The minimum absolute atomic E-state index is 0. The van der Waals surface area contributed by atoms with Gasteiger partial charge in [-0.05, 0) is 48.5 Å². The molecule has 35 heavy (non-hydrogen) atoms. The van der Waals surface area contributed by atoms with E-state index < -0.39 is 41.8 Å². The van der Waals surface area contributed by atoms with E-state index in [1.807, 2.05) is 0 Å². The van der Waals surface area contributed by atoms with E-state index in [0.717, 1.165) is 48.5 Å². The Morgan fingerprint density at radius 3 is 0.314 bits per heavy atom. The summed E-state index contributed by atoms with van der Waals surface area (Å²) in [5.74, 6) is -7.58. The molecule has 18 nitrogen and oxygen atoms in total. The van der Waals surface area contributed by atoms with Crippen molar-refractivity contribution in [2.45, 2.75) is 48.5 Å². The predicted octanol–water partition coefficient (Wildman–Crippen LogP) is -11.3. The average molecular weight is 651 g/mol. The summed E-state index contributed by atoms with van der Waals surface area (Å²) >= 11 is 0. The minimum Gasteiger partial charge on any atom is -2.00 e. The molecule has 0 bridgehead atoms. The fourth-order valence-corrected chi connectivity index (χ4v) is 0. The summed E-state index contributed by atoms with van der Waals surface area (Å²) in [4.78, 5) is 62.2. The van der Waals surface area contributed by atoms with E-state index in [2.05, 4.69) is 0 Å². The van der Waals surface area contributed by atoms with E-state index in [-0.39, 0.29) is 73.1 Å². The van der Waals surface area contributed by atoms with Crippen molar-refractivity contribution in [2.75, 3.05) is 0 Å². The van der Waals surface area contributed by atoms with Crippen molar-refractivity contribution in [3.63, 3.8) is 0 Å². The molecule has 0 atom stereocenters. The van der Waals surface area contributed by atoms with Crippen molar-refractivity contribution in [3.05, 3.63) is 0 Å². The van der Waals surface area contributed by atoms with Gasteiger partial charge in [-0.3, -0.25) is 0 Å². The van der Waals surface area contributed by atoms with Crippen molar-refractivity contribution in [1.29, 1.82) is 0 Å². The molecule has 0 aromatic rings. The fourth-order valence-electron chi connectivity index (χ4n) is 0. The largest absolute Gasteiger partial charge is 3.00 e. The van der Waals surface area contributed by atoms with Crippen LogP contribution in [0.1, 0.15) is 48.5 Å². The third kappa shape index (κ3) is 5230. The smallest absolute Gasteiger partial charge is 2.00 e. The molecule has 0 aromatic carbocycles. The van der Waals surface area contributed by atoms with Gasteiger partial charge in [-0.2, -0.15) is 0 Å². The molecule has 6 N–H and O–H groups in total. The second-order valence-corrected chi connectivity index (χ2v) is 3.44. The molecule has 0 saturated carbocycles. The van der Waals surface area contributed by atoms with Crippen molar-refractivity contribution >= 4 is 41.8 Å². The number of hydrogen-bond donors (Lipinski definition) is 0. The molecule has 0 saturated heterocycles. The van der Waals surface area contributed by atoms with Gasteiger partial charge in [-0.15, -0.1) is 0 Å². The summed E-state index contributed by atoms with van der Waals surface area (Å²) in [5, 5.41) is 62.2. The molecule has 21 heteroatoms. The van der Waals surface area contributed by atoms with E-state index in [9.17, 15) is 0 Å². The monoisotopic (exact) mass is 651 g/mol. The van der Waals surface area contributed by atoms with Gasteiger partial charge in [-0.1, -0.05) is 0 Å². The van der Waals surface area contributed by atoms with E-state index in [1.54, 1.807) is 0 Å². The van der Waals surface area contributed by atoms with Gasteiger partial charge in [0.15, 0.2) is 0 Å². The molecule has 0 spiro atoms. The third-order valence-electron chi connectivity index (χ3n) is 0. The molecule has 0 amide bonds. The molecule has 0 unspecified atom stereocenters. The standard InChI is InChI=1S/7C2H4O2.3Fe.3H2O.O/c7*1-2(3)4;;;;;;;/h7*1H3,(H,3,4);;;;3*1H2;/q;;;;;;;3*+3;;;;-2/p-7. The first-order valence-corrected chi connectivity index (χ1v) is 6.36. The Hall–Kier alpha value is -2.31. The Balaban J connectivity index is -0.0000000119. The first kappa shape index (κ1) is 94.0. The van der Waals surface area contributed by atoms with Gasteiger partial charge >= 0.3 is 51.2 Å². The van der Waals surface area contributed by atoms with Crippen LogP contribution in [0.5, 0.6) is 0 Å². The van der Waals surface area contributed by atoms with Gasteiger partial charge in [0.05, 0.1) is 0 Å². The summed E-state index contributed by atoms with van der Waals surface area (Å²) in [6.07, 6.45) is 0. The van der Waals surface area contributed by atoms with Crippen LogP contribution in [0, 0.1) is 0 Å². The van der Waals surface area contributed by atoms with Crippen molar-refractivity contribution < 1.29 is 142 Å². The number of hydrogen-bond acceptors (Lipinski definition) is 14. The third-order valence-corrected chi connectivity index (χ3v) is 0. The van der Waals surface area contributed by atoms with Gasteiger partial charge < -0.3 is 91.2 Å². The predicted molar refractivity (Wildman–Crippen MR) is 86.3 cm³/mol. The van der Waals surface area contributed by atoms with Gasteiger partial charge in [0.2, 0.25) is 0 Å². The summed E-state index contributed by atoms with van der Waals surface area (Å²) in [5.41, 5.74) is 0. The zero-order valence-electron chi connectivity index (χ0n) is 19.2. The maximum atomic E-state index is 8.89. The van der Waals surface area contributed by atoms with Crippen LogP contribution < -0.4 is 35.7 Å². The summed E-state index contributed by atoms with van der Waals surface area (Å²) in [6.45, 7) is 6.81. The first-order valence-electron chi connectivity index (χ1n) is 6.36. The van der Waals surface area contributed by atoms with Crippen molar-refractivity contribution in [2.24, 2.45) is 0 Å². The van der Waals surface area contributed by atoms with Crippen LogP contribution in [0.3, 0.4) is 0 Å². The van der Waals surface area contributed by atoms with E-state index in [1.165, 1.54) is 0 Å². The van der Waals surface area contributed by atoms with Gasteiger partial charge in [0, 0.05) is 41.8 Å². The van der Waals surface area contributed by atoms with Crippen LogP contribution in [0.25, 0.3) is 0 Å². The minimum atomic E-state index is -1.08. The molecule has 0 fully saturated rings.